The summed E-state index contributed by atoms with van der Waals surface area (Å²) in [4.78, 5) is 22.8. The van der Waals surface area contributed by atoms with E-state index in [0.29, 0.717) is 4.47 Å². The van der Waals surface area contributed by atoms with Gasteiger partial charge in [0.2, 0.25) is 0 Å². The average molecular weight is 349 g/mol. The minimum atomic E-state index is -2.00. The fraction of sp³-hybridized carbons (Fsp3) is 0.429. The number of aliphatic carboxylic acids is 1. The molecule has 1 N–H and O–H groups in total. The van der Waals surface area contributed by atoms with E-state index < -0.39 is 35.1 Å². The van der Waals surface area contributed by atoms with Crippen LogP contribution >= 0.6 is 15.9 Å². The molecule has 2 atom stereocenters. The number of hydrogen-bond acceptors (Lipinski definition) is 2. The van der Waals surface area contributed by atoms with Crippen LogP contribution in [-0.4, -0.2) is 22.5 Å². The highest BCUT2D eigenvalue weighted by Gasteiger charge is 2.43. The molecular formula is C14H15BrF2O3. The van der Waals surface area contributed by atoms with Crippen LogP contribution in [0, 0.1) is 11.7 Å². The van der Waals surface area contributed by atoms with E-state index in [1.807, 2.05) is 0 Å². The van der Waals surface area contributed by atoms with Crippen molar-refractivity contribution in [1.29, 1.82) is 0 Å². The first-order chi connectivity index (χ1) is 9.04. The predicted octanol–water partition coefficient (Wildman–Crippen LogP) is 3.71. The number of halogens is 3. The Morgan fingerprint density at radius 2 is 1.85 bits per heavy atom. The van der Waals surface area contributed by atoms with Gasteiger partial charge in [0.15, 0.2) is 0 Å². The predicted molar refractivity (Wildman–Crippen MR) is 73.8 cm³/mol. The Hall–Kier alpha value is -1.30. The maximum atomic E-state index is 14.4. The Labute approximate surface area is 124 Å². The molecule has 0 saturated carbocycles. The molecule has 0 aliphatic heterocycles. The van der Waals surface area contributed by atoms with Crippen LogP contribution in [0.5, 0.6) is 0 Å². The summed E-state index contributed by atoms with van der Waals surface area (Å²) in [6.45, 7) is 3.44. The van der Waals surface area contributed by atoms with Gasteiger partial charge in [-0.1, -0.05) is 15.9 Å². The van der Waals surface area contributed by atoms with Crippen molar-refractivity contribution >= 4 is 27.7 Å². The van der Waals surface area contributed by atoms with Gasteiger partial charge < -0.3 is 5.11 Å². The summed E-state index contributed by atoms with van der Waals surface area (Å²) in [7, 11) is 0. The summed E-state index contributed by atoms with van der Waals surface area (Å²) < 4.78 is 28.2. The molecule has 1 unspecified atom stereocenters. The lowest BCUT2D eigenvalue weighted by Gasteiger charge is -2.31. The van der Waals surface area contributed by atoms with Crippen LogP contribution < -0.4 is 0 Å². The molecule has 1 aromatic carbocycles. The molecule has 0 aliphatic rings. The standard InChI is InChI=1S/C14H15BrF2O3/c1-7(18)11(13(19)20)12(14(2,3)17)8-4-9(15)6-10(16)5-8/h4-6,11-12H,1-3H3,(H,19,20)/t11?,12-/m1/s1. The number of alkyl halides is 1. The lowest BCUT2D eigenvalue weighted by atomic mass is 9.75. The zero-order valence-electron chi connectivity index (χ0n) is 11.3. The summed E-state index contributed by atoms with van der Waals surface area (Å²) in [6.07, 6.45) is 0. The average Bonchev–Trinajstić information content (AvgIpc) is 2.20. The monoisotopic (exact) mass is 348 g/mol. The van der Waals surface area contributed by atoms with Crippen molar-refractivity contribution in [2.75, 3.05) is 0 Å². The van der Waals surface area contributed by atoms with E-state index in [0.717, 1.165) is 13.0 Å². The number of Topliss-reactive ketones (excluding diaryl/α,β-unsaturated/α-hetero) is 1. The first kappa shape index (κ1) is 16.8. The summed E-state index contributed by atoms with van der Waals surface area (Å²) in [5, 5.41) is 9.18. The van der Waals surface area contributed by atoms with Crippen LogP contribution in [0.15, 0.2) is 22.7 Å². The van der Waals surface area contributed by atoms with Gasteiger partial charge in [-0.05, 0) is 44.5 Å². The molecule has 0 radical (unpaired) electrons. The molecule has 1 rings (SSSR count). The Bertz CT molecular complexity index is 503. The molecule has 0 fully saturated rings. The van der Waals surface area contributed by atoms with Gasteiger partial charge in [0.1, 0.15) is 23.2 Å². The molecule has 3 nitrogen and oxygen atoms in total. The molecule has 0 bridgehead atoms. The summed E-state index contributed by atoms with van der Waals surface area (Å²) in [5.41, 5.74) is -1.87. The highest BCUT2D eigenvalue weighted by Crippen LogP contribution is 2.39. The molecule has 0 amide bonds. The van der Waals surface area contributed by atoms with Crippen molar-refractivity contribution < 1.29 is 23.5 Å². The lowest BCUT2D eigenvalue weighted by molar-refractivity contribution is -0.148. The van der Waals surface area contributed by atoms with Gasteiger partial charge in [0, 0.05) is 10.4 Å². The summed E-state index contributed by atoms with van der Waals surface area (Å²) in [5.74, 6) is -5.56. The third-order valence-electron chi connectivity index (χ3n) is 3.02. The molecule has 0 heterocycles. The van der Waals surface area contributed by atoms with Crippen LogP contribution in [0.4, 0.5) is 8.78 Å². The van der Waals surface area contributed by atoms with E-state index in [1.165, 1.54) is 26.0 Å². The largest absolute Gasteiger partial charge is 0.481 e. The zero-order valence-corrected chi connectivity index (χ0v) is 12.9. The topological polar surface area (TPSA) is 54.4 Å². The van der Waals surface area contributed by atoms with Crippen molar-refractivity contribution in [3.05, 3.63) is 34.1 Å². The van der Waals surface area contributed by atoms with Crippen LogP contribution in [0.3, 0.4) is 0 Å². The maximum absolute atomic E-state index is 14.4. The number of carbonyl (C=O) groups is 2. The second-order valence-corrected chi connectivity index (χ2v) is 6.09. The van der Waals surface area contributed by atoms with E-state index in [2.05, 4.69) is 15.9 Å². The van der Waals surface area contributed by atoms with E-state index in [9.17, 15) is 23.5 Å². The van der Waals surface area contributed by atoms with E-state index in [1.54, 1.807) is 0 Å². The second kappa shape index (κ2) is 5.99. The number of hydrogen-bond donors (Lipinski definition) is 1. The molecule has 20 heavy (non-hydrogen) atoms. The highest BCUT2D eigenvalue weighted by molar-refractivity contribution is 9.10. The van der Waals surface area contributed by atoms with Crippen LogP contribution in [0.2, 0.25) is 0 Å². The molecular weight excluding hydrogens is 334 g/mol. The maximum Gasteiger partial charge on any atom is 0.314 e. The number of rotatable bonds is 5. The Morgan fingerprint density at radius 1 is 1.30 bits per heavy atom. The van der Waals surface area contributed by atoms with E-state index >= 15 is 0 Å². The minimum Gasteiger partial charge on any atom is -0.481 e. The number of carbonyl (C=O) groups excluding carboxylic acids is 1. The van der Waals surface area contributed by atoms with E-state index in [-0.39, 0.29) is 5.56 Å². The fourth-order valence-electron chi connectivity index (χ4n) is 2.29. The van der Waals surface area contributed by atoms with Gasteiger partial charge in [-0.2, -0.15) is 0 Å². The smallest absolute Gasteiger partial charge is 0.314 e. The van der Waals surface area contributed by atoms with Crippen molar-refractivity contribution in [2.45, 2.75) is 32.4 Å². The van der Waals surface area contributed by atoms with Gasteiger partial charge in [-0.25, -0.2) is 8.78 Å². The van der Waals surface area contributed by atoms with Crippen molar-refractivity contribution in [2.24, 2.45) is 5.92 Å². The van der Waals surface area contributed by atoms with E-state index in [4.69, 9.17) is 0 Å². The van der Waals surface area contributed by atoms with Crippen molar-refractivity contribution in [3.8, 4) is 0 Å². The minimum absolute atomic E-state index is 0.131. The summed E-state index contributed by atoms with van der Waals surface area (Å²) in [6, 6.07) is 3.65. The van der Waals surface area contributed by atoms with Crippen LogP contribution in [-0.2, 0) is 9.59 Å². The van der Waals surface area contributed by atoms with Gasteiger partial charge in [-0.3, -0.25) is 9.59 Å². The van der Waals surface area contributed by atoms with Crippen LogP contribution in [0.25, 0.3) is 0 Å². The van der Waals surface area contributed by atoms with Gasteiger partial charge in [0.25, 0.3) is 0 Å². The Balaban J connectivity index is 3.46. The lowest BCUT2D eigenvalue weighted by Crippen LogP contribution is -2.38. The number of ketones is 1. The third kappa shape index (κ3) is 3.85. The van der Waals surface area contributed by atoms with Gasteiger partial charge in [-0.15, -0.1) is 0 Å². The molecule has 110 valence electrons. The fourth-order valence-corrected chi connectivity index (χ4v) is 2.77. The van der Waals surface area contributed by atoms with Gasteiger partial charge in [0.05, 0.1) is 0 Å². The molecule has 0 aromatic heterocycles. The quantitative estimate of drug-likeness (QED) is 0.825. The van der Waals surface area contributed by atoms with Crippen molar-refractivity contribution in [1.82, 2.24) is 0 Å². The number of carboxylic acid groups (broad SMARTS) is 1. The Kier molecular flexibility index (Phi) is 5.02. The first-order valence-electron chi connectivity index (χ1n) is 5.92. The molecule has 0 spiro atoms. The normalized spacial score (nSPS) is 14.7. The van der Waals surface area contributed by atoms with Crippen molar-refractivity contribution in [3.63, 3.8) is 0 Å². The molecule has 6 heteroatoms. The SMILES string of the molecule is CC(=O)C(C(=O)O)[C@@H](c1cc(F)cc(Br)c1)C(C)(C)F. The highest BCUT2D eigenvalue weighted by atomic mass is 79.9. The second-order valence-electron chi connectivity index (χ2n) is 5.17. The van der Waals surface area contributed by atoms with Crippen LogP contribution in [0.1, 0.15) is 32.3 Å². The molecule has 0 aliphatic carbocycles. The zero-order chi connectivity index (χ0) is 15.7. The number of benzene rings is 1. The first-order valence-corrected chi connectivity index (χ1v) is 6.71. The molecule has 0 saturated heterocycles. The molecule has 1 aromatic rings. The number of carboxylic acids is 1. The Morgan fingerprint density at radius 3 is 2.20 bits per heavy atom. The summed E-state index contributed by atoms with van der Waals surface area (Å²) >= 11 is 3.08. The van der Waals surface area contributed by atoms with Gasteiger partial charge >= 0.3 is 5.97 Å². The third-order valence-corrected chi connectivity index (χ3v) is 3.48.